The number of nitrogens with zero attached hydrogens (tertiary/aromatic N) is 2. The van der Waals surface area contributed by atoms with E-state index >= 15 is 0 Å². The number of piperidine rings is 1. The maximum atomic E-state index is 13.6. The zero-order valence-corrected chi connectivity index (χ0v) is 21.6. The van der Waals surface area contributed by atoms with Crippen molar-refractivity contribution in [3.05, 3.63) is 11.6 Å². The topological polar surface area (TPSA) is 90.0 Å². The molecule has 1 aliphatic rings. The molecule has 4 atom stereocenters. The summed E-state index contributed by atoms with van der Waals surface area (Å²) in [7, 11) is 1.69. The summed E-state index contributed by atoms with van der Waals surface area (Å²) < 4.78 is 0. The Balaban J connectivity index is 3.16. The molecule has 1 heterocycles. The number of aliphatic carboxylic acids is 1. The zero-order valence-electron chi connectivity index (χ0n) is 21.6. The Hall–Kier alpha value is -1.89. The minimum Gasteiger partial charge on any atom is -0.478 e. The molecule has 7 nitrogen and oxygen atoms in total. The minimum absolute atomic E-state index is 0.0220. The lowest BCUT2D eigenvalue weighted by Gasteiger charge is -2.41. The van der Waals surface area contributed by atoms with E-state index in [0.29, 0.717) is 6.04 Å². The van der Waals surface area contributed by atoms with Crippen LogP contribution in [0.4, 0.5) is 0 Å². The Kier molecular flexibility index (Phi) is 10.4. The molecule has 2 unspecified atom stereocenters. The predicted octanol–water partition coefficient (Wildman–Crippen LogP) is 3.68. The molecule has 1 saturated heterocycles. The van der Waals surface area contributed by atoms with E-state index in [1.54, 1.807) is 18.0 Å². The van der Waals surface area contributed by atoms with Gasteiger partial charge in [-0.25, -0.2) is 4.79 Å². The molecule has 0 saturated carbocycles. The molecule has 7 heteroatoms. The summed E-state index contributed by atoms with van der Waals surface area (Å²) in [4.78, 5) is 42.2. The van der Waals surface area contributed by atoms with Crippen LogP contribution in [0.5, 0.6) is 0 Å². The third-order valence-corrected chi connectivity index (χ3v) is 6.64. The molecule has 0 radical (unpaired) electrons. The van der Waals surface area contributed by atoms with Gasteiger partial charge in [-0.15, -0.1) is 0 Å². The normalized spacial score (nSPS) is 21.1. The Morgan fingerprint density at radius 1 is 1.19 bits per heavy atom. The van der Waals surface area contributed by atoms with Gasteiger partial charge in [0.05, 0.1) is 12.1 Å². The lowest BCUT2D eigenvalue weighted by atomic mass is 9.84. The van der Waals surface area contributed by atoms with Gasteiger partial charge in [0, 0.05) is 18.7 Å². The van der Waals surface area contributed by atoms with Gasteiger partial charge in [0.2, 0.25) is 11.8 Å². The van der Waals surface area contributed by atoms with E-state index in [-0.39, 0.29) is 35.4 Å². The smallest absolute Gasteiger partial charge is 0.331 e. The molecule has 0 aliphatic carbocycles. The number of carbonyl (C=O) groups excluding carboxylic acids is 2. The van der Waals surface area contributed by atoms with E-state index in [9.17, 15) is 19.5 Å². The molecule has 0 spiro atoms. The Bertz CT molecular complexity index is 696. The van der Waals surface area contributed by atoms with Gasteiger partial charge in [-0.3, -0.25) is 14.5 Å². The van der Waals surface area contributed by atoms with Gasteiger partial charge in [-0.05, 0) is 51.0 Å². The summed E-state index contributed by atoms with van der Waals surface area (Å²) in [6.07, 6.45) is 5.49. The lowest BCUT2D eigenvalue weighted by Crippen LogP contribution is -2.60. The van der Waals surface area contributed by atoms with Gasteiger partial charge in [0.25, 0.3) is 0 Å². The summed E-state index contributed by atoms with van der Waals surface area (Å²) in [5, 5.41) is 12.4. The average molecular weight is 452 g/mol. The van der Waals surface area contributed by atoms with Gasteiger partial charge >= 0.3 is 5.97 Å². The van der Waals surface area contributed by atoms with Crippen LogP contribution in [-0.2, 0) is 14.4 Å². The highest BCUT2D eigenvalue weighted by Crippen LogP contribution is 2.26. The molecule has 184 valence electrons. The van der Waals surface area contributed by atoms with Crippen molar-refractivity contribution in [3.8, 4) is 0 Å². The van der Waals surface area contributed by atoms with E-state index in [1.807, 2.05) is 34.6 Å². The summed E-state index contributed by atoms with van der Waals surface area (Å²) in [6.45, 7) is 16.5. The molecule has 2 N–H and O–H groups in total. The van der Waals surface area contributed by atoms with Crippen LogP contribution in [0.2, 0.25) is 0 Å². The van der Waals surface area contributed by atoms with Gasteiger partial charge in [0.15, 0.2) is 0 Å². The maximum Gasteiger partial charge on any atom is 0.331 e. The molecular weight excluding hydrogens is 406 g/mol. The van der Waals surface area contributed by atoms with E-state index in [2.05, 4.69) is 24.1 Å². The zero-order chi connectivity index (χ0) is 24.8. The second kappa shape index (κ2) is 11.8. The summed E-state index contributed by atoms with van der Waals surface area (Å²) in [5.74, 6) is -1.27. The van der Waals surface area contributed by atoms with Gasteiger partial charge in [-0.1, -0.05) is 54.0 Å². The highest BCUT2D eigenvalue weighted by molar-refractivity contribution is 5.91. The molecule has 0 bridgehead atoms. The molecule has 0 aromatic carbocycles. The van der Waals surface area contributed by atoms with Crippen LogP contribution >= 0.6 is 0 Å². The Morgan fingerprint density at radius 3 is 2.25 bits per heavy atom. The molecule has 0 aromatic rings. The van der Waals surface area contributed by atoms with Crippen LogP contribution in [0.3, 0.4) is 0 Å². The third kappa shape index (κ3) is 7.32. The molecule has 2 amide bonds. The monoisotopic (exact) mass is 451 g/mol. The van der Waals surface area contributed by atoms with E-state index < -0.39 is 17.4 Å². The summed E-state index contributed by atoms with van der Waals surface area (Å²) in [5.41, 5.74) is -0.296. The van der Waals surface area contributed by atoms with E-state index in [0.717, 1.165) is 32.2 Å². The molecule has 32 heavy (non-hydrogen) atoms. The van der Waals surface area contributed by atoms with Gasteiger partial charge < -0.3 is 15.3 Å². The number of likely N-dealkylation sites (tertiary alicyclic amines) is 1. The second-order valence-corrected chi connectivity index (χ2v) is 10.7. The quantitative estimate of drug-likeness (QED) is 0.522. The average Bonchev–Trinajstić information content (AvgIpc) is 2.72. The highest BCUT2D eigenvalue weighted by atomic mass is 16.4. The van der Waals surface area contributed by atoms with Crippen LogP contribution in [0.1, 0.15) is 81.1 Å². The number of carboxylic acids is 1. The number of hydrogen-bond acceptors (Lipinski definition) is 4. The predicted molar refractivity (Wildman–Crippen MR) is 128 cm³/mol. The van der Waals surface area contributed by atoms with Crippen LogP contribution in [0.25, 0.3) is 0 Å². The van der Waals surface area contributed by atoms with Crippen molar-refractivity contribution in [2.24, 2.45) is 11.3 Å². The minimum atomic E-state index is -1.00. The molecule has 1 rings (SSSR count). The number of likely N-dealkylation sites (N-methyl/N-ethyl adjacent to an activating group) is 1. The first-order chi connectivity index (χ1) is 14.7. The van der Waals surface area contributed by atoms with Crippen molar-refractivity contribution in [2.75, 3.05) is 13.6 Å². The van der Waals surface area contributed by atoms with Crippen molar-refractivity contribution < 1.29 is 19.5 Å². The summed E-state index contributed by atoms with van der Waals surface area (Å²) >= 11 is 0. The van der Waals surface area contributed by atoms with Crippen molar-refractivity contribution >= 4 is 17.8 Å². The Labute approximate surface area is 194 Å². The largest absolute Gasteiger partial charge is 0.478 e. The van der Waals surface area contributed by atoms with Crippen molar-refractivity contribution in [1.29, 1.82) is 0 Å². The van der Waals surface area contributed by atoms with Crippen LogP contribution in [0.15, 0.2) is 11.6 Å². The Morgan fingerprint density at radius 2 is 1.78 bits per heavy atom. The first kappa shape index (κ1) is 28.1. The fourth-order valence-electron chi connectivity index (χ4n) is 4.31. The molecular formula is C25H45N3O4. The van der Waals surface area contributed by atoms with Crippen molar-refractivity contribution in [1.82, 2.24) is 15.1 Å². The number of carbonyl (C=O) groups is 3. The van der Waals surface area contributed by atoms with Gasteiger partial charge in [0.1, 0.15) is 6.04 Å². The lowest BCUT2D eigenvalue weighted by molar-refractivity contribution is -0.142. The number of hydrogen-bond donors (Lipinski definition) is 2. The third-order valence-electron chi connectivity index (χ3n) is 6.64. The number of carboxylic acid groups (broad SMARTS) is 1. The van der Waals surface area contributed by atoms with Crippen molar-refractivity contribution in [3.63, 3.8) is 0 Å². The first-order valence-corrected chi connectivity index (χ1v) is 12.0. The maximum absolute atomic E-state index is 13.6. The van der Waals surface area contributed by atoms with Crippen LogP contribution in [-0.4, -0.2) is 70.4 Å². The van der Waals surface area contributed by atoms with Crippen LogP contribution in [0, 0.1) is 11.3 Å². The van der Waals surface area contributed by atoms with E-state index in [1.165, 1.54) is 6.92 Å². The fraction of sp³-hybridized carbons (Fsp3) is 0.800. The first-order valence-electron chi connectivity index (χ1n) is 12.0. The van der Waals surface area contributed by atoms with E-state index in [4.69, 9.17) is 0 Å². The fourth-order valence-corrected chi connectivity index (χ4v) is 4.31. The van der Waals surface area contributed by atoms with Crippen LogP contribution < -0.4 is 5.32 Å². The standard InChI is InChI=1S/C25H45N3O4/c1-10-18(5)28-14-12-11-13-19(28)22(29)26-21(25(6,7)8)23(30)27(9)20(16(2)3)15-17(4)24(31)32/h15-16,18-21H,10-14H2,1-9H3,(H,26,29)(H,31,32)/b17-15+/t18?,19?,20-,21-/m1/s1. The molecule has 1 fully saturated rings. The molecule has 0 aromatic heterocycles. The summed E-state index contributed by atoms with van der Waals surface area (Å²) in [6, 6.07) is -1.00. The number of amides is 2. The van der Waals surface area contributed by atoms with Gasteiger partial charge in [-0.2, -0.15) is 0 Å². The SMILES string of the molecule is CCC(C)N1CCCCC1C(=O)N[C@H](C(=O)N(C)[C@H](/C=C(\C)C(=O)O)C(C)C)C(C)(C)C. The van der Waals surface area contributed by atoms with Crippen molar-refractivity contribution in [2.45, 2.75) is 105 Å². The number of nitrogens with one attached hydrogen (secondary N) is 1. The highest BCUT2D eigenvalue weighted by Gasteiger charge is 2.40. The second-order valence-electron chi connectivity index (χ2n) is 10.7. The number of rotatable bonds is 9. The molecule has 1 aliphatic heterocycles.